The second-order valence-corrected chi connectivity index (χ2v) is 4.21. The van der Waals surface area contributed by atoms with Gasteiger partial charge in [0.05, 0.1) is 0 Å². The van der Waals surface area contributed by atoms with Gasteiger partial charge in [0.1, 0.15) is 0 Å². The highest BCUT2D eigenvalue weighted by atomic mass is 32.1. The molecule has 12 heavy (non-hydrogen) atoms. The number of carbonyl (C=O) groups is 1. The maximum atomic E-state index is 11.7. The van der Waals surface area contributed by atoms with Crippen molar-refractivity contribution in [3.63, 3.8) is 0 Å². The highest BCUT2D eigenvalue weighted by Gasteiger charge is 2.26. The molecule has 1 aromatic rings. The number of nitrogens with two attached hydrogens (primary N) is 1. The topological polar surface area (TPSA) is 43.1 Å². The average Bonchev–Trinajstić information content (AvgIpc) is 2.55. The number of thiophene rings is 1. The third-order valence-corrected chi connectivity index (χ3v) is 2.59. The van der Waals surface area contributed by atoms with Gasteiger partial charge in [0, 0.05) is 22.9 Å². The van der Waals surface area contributed by atoms with Crippen LogP contribution in [0.25, 0.3) is 0 Å². The molecule has 0 fully saturated rings. The van der Waals surface area contributed by atoms with Crippen molar-refractivity contribution < 1.29 is 4.79 Å². The standard InChI is InChI=1S/C9H13NOS/c1-9(2,6-10)8(11)7-3-4-12-5-7/h3-5H,6,10H2,1-2H3. The van der Waals surface area contributed by atoms with E-state index in [1.807, 2.05) is 30.7 Å². The second-order valence-electron chi connectivity index (χ2n) is 3.43. The predicted octanol–water partition coefficient (Wildman–Crippen LogP) is 1.92. The normalized spacial score (nSPS) is 11.6. The van der Waals surface area contributed by atoms with E-state index >= 15 is 0 Å². The van der Waals surface area contributed by atoms with Gasteiger partial charge in [-0.3, -0.25) is 4.79 Å². The Morgan fingerprint density at radius 1 is 1.67 bits per heavy atom. The molecule has 1 heterocycles. The molecule has 3 heteroatoms. The van der Waals surface area contributed by atoms with Crippen LogP contribution in [0.4, 0.5) is 0 Å². The molecule has 0 saturated heterocycles. The van der Waals surface area contributed by atoms with Crippen molar-refractivity contribution in [2.75, 3.05) is 6.54 Å². The third kappa shape index (κ3) is 1.73. The molecule has 0 atom stereocenters. The van der Waals surface area contributed by atoms with E-state index in [2.05, 4.69) is 0 Å². The number of ketones is 1. The van der Waals surface area contributed by atoms with Crippen LogP contribution in [0, 0.1) is 5.41 Å². The summed E-state index contributed by atoms with van der Waals surface area (Å²) in [6, 6.07) is 1.84. The molecule has 0 bridgehead atoms. The van der Waals surface area contributed by atoms with Crippen LogP contribution in [0.15, 0.2) is 16.8 Å². The van der Waals surface area contributed by atoms with Crippen LogP contribution in [-0.2, 0) is 0 Å². The van der Waals surface area contributed by atoms with E-state index in [0.29, 0.717) is 6.54 Å². The van der Waals surface area contributed by atoms with Crippen LogP contribution in [0.1, 0.15) is 24.2 Å². The maximum Gasteiger partial charge on any atom is 0.170 e. The minimum atomic E-state index is -0.429. The van der Waals surface area contributed by atoms with Gasteiger partial charge in [0.2, 0.25) is 0 Å². The van der Waals surface area contributed by atoms with Crippen LogP contribution in [0.3, 0.4) is 0 Å². The molecule has 0 spiro atoms. The van der Waals surface area contributed by atoms with Crippen molar-refractivity contribution in [2.24, 2.45) is 11.1 Å². The molecular weight excluding hydrogens is 170 g/mol. The Morgan fingerprint density at radius 2 is 2.33 bits per heavy atom. The zero-order valence-electron chi connectivity index (χ0n) is 7.33. The Morgan fingerprint density at radius 3 is 2.75 bits per heavy atom. The average molecular weight is 183 g/mol. The number of Topliss-reactive ketones (excluding diaryl/α,β-unsaturated/α-hetero) is 1. The molecule has 0 aliphatic rings. The Labute approximate surface area is 76.4 Å². The molecule has 2 nitrogen and oxygen atoms in total. The Hall–Kier alpha value is -0.670. The molecule has 0 amide bonds. The fraction of sp³-hybridized carbons (Fsp3) is 0.444. The first-order valence-corrected chi connectivity index (χ1v) is 4.79. The second kappa shape index (κ2) is 3.37. The Balaban J connectivity index is 2.86. The minimum Gasteiger partial charge on any atom is -0.329 e. The fourth-order valence-electron chi connectivity index (χ4n) is 0.877. The van der Waals surface area contributed by atoms with Gasteiger partial charge in [0.25, 0.3) is 0 Å². The summed E-state index contributed by atoms with van der Waals surface area (Å²) < 4.78 is 0. The zero-order chi connectivity index (χ0) is 9.19. The molecule has 0 aliphatic heterocycles. The molecule has 0 aliphatic carbocycles. The van der Waals surface area contributed by atoms with E-state index in [9.17, 15) is 4.79 Å². The highest BCUT2D eigenvalue weighted by molar-refractivity contribution is 7.08. The number of hydrogen-bond donors (Lipinski definition) is 1. The van der Waals surface area contributed by atoms with E-state index in [4.69, 9.17) is 5.73 Å². The van der Waals surface area contributed by atoms with E-state index < -0.39 is 5.41 Å². The van der Waals surface area contributed by atoms with Crippen molar-refractivity contribution in [2.45, 2.75) is 13.8 Å². The fourth-order valence-corrected chi connectivity index (χ4v) is 1.51. The molecule has 2 N–H and O–H groups in total. The number of carbonyl (C=O) groups excluding carboxylic acids is 1. The van der Waals surface area contributed by atoms with Gasteiger partial charge in [-0.15, -0.1) is 0 Å². The number of rotatable bonds is 3. The molecular formula is C9H13NOS. The molecule has 1 aromatic heterocycles. The van der Waals surface area contributed by atoms with Crippen molar-refractivity contribution in [3.05, 3.63) is 22.4 Å². The minimum absolute atomic E-state index is 0.131. The van der Waals surface area contributed by atoms with Crippen LogP contribution in [-0.4, -0.2) is 12.3 Å². The molecule has 1 rings (SSSR count). The molecule has 66 valence electrons. The first-order valence-electron chi connectivity index (χ1n) is 3.85. The highest BCUT2D eigenvalue weighted by Crippen LogP contribution is 2.21. The zero-order valence-corrected chi connectivity index (χ0v) is 8.15. The third-order valence-electron chi connectivity index (χ3n) is 1.91. The van der Waals surface area contributed by atoms with E-state index in [1.165, 1.54) is 11.3 Å². The van der Waals surface area contributed by atoms with Gasteiger partial charge >= 0.3 is 0 Å². The smallest absolute Gasteiger partial charge is 0.170 e. The van der Waals surface area contributed by atoms with Gasteiger partial charge in [0.15, 0.2) is 5.78 Å². The van der Waals surface area contributed by atoms with Crippen molar-refractivity contribution in [3.8, 4) is 0 Å². The molecule has 0 aromatic carbocycles. The van der Waals surface area contributed by atoms with Gasteiger partial charge < -0.3 is 5.73 Å². The maximum absolute atomic E-state index is 11.7. The first-order chi connectivity index (χ1) is 5.58. The monoisotopic (exact) mass is 183 g/mol. The van der Waals surface area contributed by atoms with Crippen LogP contribution in [0.5, 0.6) is 0 Å². The summed E-state index contributed by atoms with van der Waals surface area (Å²) in [7, 11) is 0. The lowest BCUT2D eigenvalue weighted by molar-refractivity contribution is 0.0848. The molecule has 0 radical (unpaired) electrons. The van der Waals surface area contributed by atoms with Gasteiger partial charge in [-0.05, 0) is 11.4 Å². The molecule has 0 unspecified atom stereocenters. The van der Waals surface area contributed by atoms with Crippen LogP contribution >= 0.6 is 11.3 Å². The Kier molecular flexibility index (Phi) is 2.65. The van der Waals surface area contributed by atoms with E-state index in [-0.39, 0.29) is 5.78 Å². The SMILES string of the molecule is CC(C)(CN)C(=O)c1ccsc1. The van der Waals surface area contributed by atoms with E-state index in [0.717, 1.165) is 5.56 Å². The lowest BCUT2D eigenvalue weighted by atomic mass is 9.85. The van der Waals surface area contributed by atoms with E-state index in [1.54, 1.807) is 0 Å². The first kappa shape index (κ1) is 9.42. The summed E-state index contributed by atoms with van der Waals surface area (Å²) in [5.41, 5.74) is 5.84. The van der Waals surface area contributed by atoms with Crippen molar-refractivity contribution >= 4 is 17.1 Å². The molecule has 0 saturated carbocycles. The van der Waals surface area contributed by atoms with Crippen molar-refractivity contribution in [1.29, 1.82) is 0 Å². The van der Waals surface area contributed by atoms with Crippen LogP contribution < -0.4 is 5.73 Å². The largest absolute Gasteiger partial charge is 0.329 e. The summed E-state index contributed by atoms with van der Waals surface area (Å²) in [6.07, 6.45) is 0. The van der Waals surface area contributed by atoms with Crippen molar-refractivity contribution in [1.82, 2.24) is 0 Å². The lowest BCUT2D eigenvalue weighted by Gasteiger charge is -2.19. The van der Waals surface area contributed by atoms with Gasteiger partial charge in [-0.1, -0.05) is 13.8 Å². The predicted molar refractivity (Wildman–Crippen MR) is 51.5 cm³/mol. The van der Waals surface area contributed by atoms with Gasteiger partial charge in [-0.25, -0.2) is 0 Å². The summed E-state index contributed by atoms with van der Waals surface area (Å²) in [4.78, 5) is 11.7. The Bertz CT molecular complexity index is 264. The summed E-state index contributed by atoms with van der Waals surface area (Å²) in [5, 5.41) is 3.76. The number of hydrogen-bond acceptors (Lipinski definition) is 3. The summed E-state index contributed by atoms with van der Waals surface area (Å²) in [5.74, 6) is 0.131. The summed E-state index contributed by atoms with van der Waals surface area (Å²) >= 11 is 1.53. The summed E-state index contributed by atoms with van der Waals surface area (Å²) in [6.45, 7) is 4.13. The van der Waals surface area contributed by atoms with Crippen LogP contribution in [0.2, 0.25) is 0 Å². The lowest BCUT2D eigenvalue weighted by Crippen LogP contribution is -2.32. The quantitative estimate of drug-likeness (QED) is 0.727. The van der Waals surface area contributed by atoms with Gasteiger partial charge in [-0.2, -0.15) is 11.3 Å².